The molecule has 0 aromatic rings. The quantitative estimate of drug-likeness (QED) is 0.409. The number of methoxy groups -OCH3 is 1. The van der Waals surface area contributed by atoms with Crippen LogP contribution in [0.3, 0.4) is 0 Å². The molecule has 1 fully saturated rings. The number of hydrogen-bond donors (Lipinski definition) is 2. The number of rotatable bonds is 4. The first kappa shape index (κ1) is 17.1. The molecule has 1 saturated heterocycles. The van der Waals surface area contributed by atoms with E-state index in [1.165, 1.54) is 13.2 Å². The summed E-state index contributed by atoms with van der Waals surface area (Å²) in [4.78, 5) is 27.0. The van der Waals surface area contributed by atoms with E-state index in [9.17, 15) is 14.7 Å². The van der Waals surface area contributed by atoms with E-state index in [1.54, 1.807) is 13.8 Å². The molecule has 0 aromatic heterocycles. The molecule has 3 N–H and O–H groups in total. The zero-order chi connectivity index (χ0) is 17.1. The molecule has 5 atom stereocenters. The number of aliphatic hydroxyl groups excluding tert-OH is 1. The van der Waals surface area contributed by atoms with Gasteiger partial charge in [-0.2, -0.15) is 0 Å². The van der Waals surface area contributed by atoms with Crippen LogP contribution in [0.25, 0.3) is 0 Å². The predicted octanol–water partition coefficient (Wildman–Crippen LogP) is -0.280. The van der Waals surface area contributed by atoms with E-state index in [0.717, 1.165) is 0 Å². The second kappa shape index (κ2) is 6.86. The molecule has 9 heteroatoms. The summed E-state index contributed by atoms with van der Waals surface area (Å²) in [6, 6.07) is -0.486. The summed E-state index contributed by atoms with van der Waals surface area (Å²) in [7, 11) is 1.22. The third-order valence-electron chi connectivity index (χ3n) is 3.71. The van der Waals surface area contributed by atoms with Crippen LogP contribution < -0.4 is 5.73 Å². The maximum absolute atomic E-state index is 11.8. The molecule has 2 aliphatic rings. The number of aliphatic imine (C=N–C) groups is 1. The Hall–Kier alpha value is -2.29. The molecule has 0 bridgehead atoms. The molecular formula is C14H20N2O7. The Balaban J connectivity index is 2.25. The van der Waals surface area contributed by atoms with Crippen molar-refractivity contribution in [1.29, 1.82) is 0 Å². The summed E-state index contributed by atoms with van der Waals surface area (Å²) in [6.45, 7) is 3.31. The lowest BCUT2D eigenvalue weighted by atomic mass is 9.87. The summed E-state index contributed by atoms with van der Waals surface area (Å²) >= 11 is 0. The van der Waals surface area contributed by atoms with E-state index in [-0.39, 0.29) is 18.3 Å². The smallest absolute Gasteiger partial charge is 0.480 e. The van der Waals surface area contributed by atoms with Crippen LogP contribution in [0.4, 0.5) is 4.79 Å². The number of ether oxygens (including phenoxy) is 4. The SMILES string of the molecule is COC(=O)C1=C[C@H](N=C(C)N)[C@@H](C)[C@H]([C@H](O)[C@H]2COC(=O)O2)O1. The summed E-state index contributed by atoms with van der Waals surface area (Å²) in [5, 5.41) is 10.4. The topological polar surface area (TPSA) is 130 Å². The van der Waals surface area contributed by atoms with Gasteiger partial charge in [0.05, 0.1) is 19.0 Å². The number of amidine groups is 1. The molecule has 0 radical (unpaired) electrons. The Morgan fingerprint density at radius 3 is 2.74 bits per heavy atom. The summed E-state index contributed by atoms with van der Waals surface area (Å²) in [5.41, 5.74) is 5.61. The van der Waals surface area contributed by atoms with Crippen molar-refractivity contribution in [2.75, 3.05) is 13.7 Å². The number of carbonyl (C=O) groups excluding carboxylic acids is 2. The van der Waals surface area contributed by atoms with Crippen LogP contribution >= 0.6 is 0 Å². The van der Waals surface area contributed by atoms with Gasteiger partial charge in [0.2, 0.25) is 5.76 Å². The van der Waals surface area contributed by atoms with Crippen molar-refractivity contribution in [3.8, 4) is 0 Å². The Kier molecular flexibility index (Phi) is 5.09. The van der Waals surface area contributed by atoms with E-state index < -0.39 is 36.5 Å². The van der Waals surface area contributed by atoms with Crippen molar-refractivity contribution < 1.29 is 33.6 Å². The zero-order valence-corrected chi connectivity index (χ0v) is 13.1. The first-order chi connectivity index (χ1) is 10.8. The van der Waals surface area contributed by atoms with Gasteiger partial charge in [-0.3, -0.25) is 4.99 Å². The Morgan fingerprint density at radius 2 is 2.22 bits per heavy atom. The van der Waals surface area contributed by atoms with Crippen LogP contribution in [0.5, 0.6) is 0 Å². The fourth-order valence-electron chi connectivity index (χ4n) is 2.50. The van der Waals surface area contributed by atoms with Crippen LogP contribution in [-0.2, 0) is 23.7 Å². The first-order valence-electron chi connectivity index (χ1n) is 7.11. The number of cyclic esters (lactones) is 2. The second-order valence-corrected chi connectivity index (χ2v) is 5.43. The average Bonchev–Trinajstić information content (AvgIpc) is 2.93. The normalized spacial score (nSPS) is 32.3. The summed E-state index contributed by atoms with van der Waals surface area (Å²) < 4.78 is 19.7. The highest BCUT2D eigenvalue weighted by Crippen LogP contribution is 2.30. The lowest BCUT2D eigenvalue weighted by Crippen LogP contribution is -2.49. The molecule has 128 valence electrons. The predicted molar refractivity (Wildman–Crippen MR) is 77.4 cm³/mol. The molecule has 0 spiro atoms. The third kappa shape index (κ3) is 3.73. The van der Waals surface area contributed by atoms with Crippen LogP contribution in [-0.4, -0.2) is 61.1 Å². The molecule has 0 saturated carbocycles. The number of nitrogens with two attached hydrogens (primary N) is 1. The number of esters is 1. The van der Waals surface area contributed by atoms with Crippen molar-refractivity contribution in [3.05, 3.63) is 11.8 Å². The number of aliphatic hydroxyl groups is 1. The molecule has 0 aliphatic carbocycles. The molecule has 0 amide bonds. The first-order valence-corrected chi connectivity index (χ1v) is 7.11. The number of nitrogens with zero attached hydrogens (tertiary/aromatic N) is 1. The van der Waals surface area contributed by atoms with Gasteiger partial charge >= 0.3 is 12.1 Å². The average molecular weight is 328 g/mol. The minimum absolute atomic E-state index is 0.0742. The molecule has 0 unspecified atom stereocenters. The van der Waals surface area contributed by atoms with Gasteiger partial charge in [0.25, 0.3) is 0 Å². The van der Waals surface area contributed by atoms with Crippen molar-refractivity contribution in [1.82, 2.24) is 0 Å². The van der Waals surface area contributed by atoms with Gasteiger partial charge in [-0.15, -0.1) is 0 Å². The monoisotopic (exact) mass is 328 g/mol. The maximum Gasteiger partial charge on any atom is 0.508 e. The summed E-state index contributed by atoms with van der Waals surface area (Å²) in [5.74, 6) is -0.761. The van der Waals surface area contributed by atoms with E-state index in [0.29, 0.717) is 5.84 Å². The zero-order valence-electron chi connectivity index (χ0n) is 13.1. The Bertz CT molecular complexity index is 541. The highest BCUT2D eigenvalue weighted by Gasteiger charge is 2.44. The summed E-state index contributed by atoms with van der Waals surface area (Å²) in [6.07, 6.45) is -2.28. The van der Waals surface area contributed by atoms with Crippen molar-refractivity contribution >= 4 is 18.0 Å². The lowest BCUT2D eigenvalue weighted by Gasteiger charge is -2.36. The highest BCUT2D eigenvalue weighted by atomic mass is 16.8. The van der Waals surface area contributed by atoms with Crippen molar-refractivity contribution in [2.24, 2.45) is 16.6 Å². The van der Waals surface area contributed by atoms with E-state index in [2.05, 4.69) is 14.5 Å². The van der Waals surface area contributed by atoms with Gasteiger partial charge < -0.3 is 29.8 Å². The van der Waals surface area contributed by atoms with Gasteiger partial charge in [-0.25, -0.2) is 9.59 Å². The van der Waals surface area contributed by atoms with Crippen molar-refractivity contribution in [2.45, 2.75) is 38.2 Å². The molecular weight excluding hydrogens is 308 g/mol. The molecule has 0 aromatic carbocycles. The largest absolute Gasteiger partial charge is 0.508 e. The third-order valence-corrected chi connectivity index (χ3v) is 3.71. The van der Waals surface area contributed by atoms with E-state index in [1.807, 2.05) is 0 Å². The maximum atomic E-state index is 11.8. The molecule has 23 heavy (non-hydrogen) atoms. The number of hydrogen-bond acceptors (Lipinski definition) is 8. The lowest BCUT2D eigenvalue weighted by molar-refractivity contribution is -0.147. The molecule has 9 nitrogen and oxygen atoms in total. The van der Waals surface area contributed by atoms with Gasteiger partial charge in [0, 0.05) is 5.92 Å². The van der Waals surface area contributed by atoms with Crippen LogP contribution in [0.1, 0.15) is 13.8 Å². The van der Waals surface area contributed by atoms with Crippen LogP contribution in [0.15, 0.2) is 16.8 Å². The Labute approximate surface area is 133 Å². The number of carbonyl (C=O) groups is 2. The van der Waals surface area contributed by atoms with Gasteiger partial charge in [0.1, 0.15) is 18.8 Å². The van der Waals surface area contributed by atoms with Crippen LogP contribution in [0, 0.1) is 5.92 Å². The minimum Gasteiger partial charge on any atom is -0.480 e. The van der Waals surface area contributed by atoms with Crippen LogP contribution in [0.2, 0.25) is 0 Å². The standard InChI is InChI=1S/C14H20N2O7/c1-6-8(16-7(2)15)4-9(13(18)20-3)22-12(6)11(17)10-5-21-14(19)23-10/h4,6,8,10-12,17H,5H2,1-3H3,(H2,15,16)/t6-,8+,10-,11-,12-/m1/s1. The fraction of sp³-hybridized carbons (Fsp3) is 0.643. The molecule has 2 aliphatic heterocycles. The van der Waals surface area contributed by atoms with Gasteiger partial charge in [-0.1, -0.05) is 6.92 Å². The second-order valence-electron chi connectivity index (χ2n) is 5.43. The van der Waals surface area contributed by atoms with E-state index >= 15 is 0 Å². The Morgan fingerprint density at radius 1 is 1.52 bits per heavy atom. The molecule has 2 rings (SSSR count). The van der Waals surface area contributed by atoms with E-state index in [4.69, 9.17) is 15.2 Å². The molecule has 2 heterocycles. The highest BCUT2D eigenvalue weighted by molar-refractivity contribution is 5.86. The van der Waals surface area contributed by atoms with Gasteiger partial charge in [0.15, 0.2) is 6.10 Å². The minimum atomic E-state index is -1.19. The fourth-order valence-corrected chi connectivity index (χ4v) is 2.50. The van der Waals surface area contributed by atoms with Crippen molar-refractivity contribution in [3.63, 3.8) is 0 Å². The van der Waals surface area contributed by atoms with Gasteiger partial charge in [-0.05, 0) is 13.0 Å².